The molecule has 1 aromatic heterocycles. The van der Waals surface area contributed by atoms with Gasteiger partial charge in [0.2, 0.25) is 0 Å². The molecule has 1 saturated heterocycles. The van der Waals surface area contributed by atoms with E-state index < -0.39 is 11.8 Å². The van der Waals surface area contributed by atoms with Gasteiger partial charge in [0.1, 0.15) is 5.03 Å². The number of carbonyl (C=O) groups is 3. The fraction of sp³-hybridized carbons (Fsp3) is 0.391. The molecule has 8 heteroatoms. The third kappa shape index (κ3) is 5.64. The maximum Gasteiger partial charge on any atom is 0.313 e. The van der Waals surface area contributed by atoms with E-state index in [4.69, 9.17) is 0 Å². The summed E-state index contributed by atoms with van der Waals surface area (Å²) in [5.41, 5.74) is 3.13. The van der Waals surface area contributed by atoms with Crippen LogP contribution < -0.4 is 10.6 Å². The lowest BCUT2D eigenvalue weighted by Gasteiger charge is -2.32. The Labute approximate surface area is 187 Å². The predicted octanol–water partition coefficient (Wildman–Crippen LogP) is 3.03. The average Bonchev–Trinajstić information content (AvgIpc) is 2.79. The number of likely N-dealkylation sites (tertiary alicyclic amines) is 1. The van der Waals surface area contributed by atoms with E-state index in [-0.39, 0.29) is 11.8 Å². The quantitative estimate of drug-likeness (QED) is 0.551. The second-order valence-electron chi connectivity index (χ2n) is 7.73. The van der Waals surface area contributed by atoms with Gasteiger partial charge in [0, 0.05) is 31.5 Å². The highest BCUT2D eigenvalue weighted by Crippen LogP contribution is 2.23. The van der Waals surface area contributed by atoms with Crippen molar-refractivity contribution in [2.45, 2.75) is 31.7 Å². The summed E-state index contributed by atoms with van der Waals surface area (Å²) in [5.74, 6) is -1.07. The smallest absolute Gasteiger partial charge is 0.313 e. The number of hydrogen-bond donors (Lipinski definition) is 2. The van der Waals surface area contributed by atoms with Crippen molar-refractivity contribution < 1.29 is 14.4 Å². The topological polar surface area (TPSA) is 91.4 Å². The van der Waals surface area contributed by atoms with Crippen LogP contribution in [0.3, 0.4) is 0 Å². The summed E-state index contributed by atoms with van der Waals surface area (Å²) in [7, 11) is 0. The summed E-state index contributed by atoms with van der Waals surface area (Å²) in [5, 5.41) is 6.18. The number of amides is 3. The van der Waals surface area contributed by atoms with Crippen LogP contribution in [0, 0.1) is 19.8 Å². The highest BCUT2D eigenvalue weighted by atomic mass is 32.2. The Hall–Kier alpha value is -2.87. The van der Waals surface area contributed by atoms with E-state index in [0.717, 1.165) is 29.0 Å². The largest absolute Gasteiger partial charge is 0.348 e. The minimum Gasteiger partial charge on any atom is -0.348 e. The maximum absolute atomic E-state index is 12.8. The molecule has 2 heterocycles. The highest BCUT2D eigenvalue weighted by Gasteiger charge is 2.26. The number of para-hydroxylation sites is 1. The van der Waals surface area contributed by atoms with Gasteiger partial charge in [0.15, 0.2) is 0 Å². The molecule has 0 unspecified atom stereocenters. The fourth-order valence-corrected chi connectivity index (χ4v) is 4.27. The molecule has 1 aliphatic rings. The van der Waals surface area contributed by atoms with Gasteiger partial charge >= 0.3 is 11.8 Å². The van der Waals surface area contributed by atoms with Crippen LogP contribution in [0.1, 0.15) is 34.3 Å². The van der Waals surface area contributed by atoms with E-state index in [1.807, 2.05) is 49.3 Å². The standard InChI is InChI=1S/C23H28N4O3S/c1-15-6-4-7-16(2)19(15)26-21(29)20(28)25-14-17-9-12-27(13-10-17)23(30)18-8-5-11-24-22(18)31-3/h4-8,11,17H,9-10,12-14H2,1-3H3,(H,25,28)(H,26,29). The van der Waals surface area contributed by atoms with Crippen LogP contribution in [-0.4, -0.2) is 53.5 Å². The van der Waals surface area contributed by atoms with Gasteiger partial charge in [-0.2, -0.15) is 0 Å². The Morgan fingerprint density at radius 1 is 1.06 bits per heavy atom. The van der Waals surface area contributed by atoms with Crippen LogP contribution in [0.15, 0.2) is 41.6 Å². The average molecular weight is 441 g/mol. The molecule has 0 radical (unpaired) electrons. The van der Waals surface area contributed by atoms with Crippen molar-refractivity contribution in [1.29, 1.82) is 0 Å². The lowest BCUT2D eigenvalue weighted by Crippen LogP contribution is -2.43. The number of carbonyl (C=O) groups excluding carboxylic acids is 3. The Kier molecular flexibility index (Phi) is 7.68. The third-order valence-electron chi connectivity index (χ3n) is 5.57. The van der Waals surface area contributed by atoms with Gasteiger partial charge in [-0.15, -0.1) is 11.8 Å². The van der Waals surface area contributed by atoms with Gasteiger partial charge < -0.3 is 15.5 Å². The Balaban J connectivity index is 1.47. The highest BCUT2D eigenvalue weighted by molar-refractivity contribution is 7.98. The van der Waals surface area contributed by atoms with Crippen LogP contribution in [0.5, 0.6) is 0 Å². The van der Waals surface area contributed by atoms with Crippen LogP contribution in [0.25, 0.3) is 0 Å². The number of piperidine rings is 1. The molecule has 7 nitrogen and oxygen atoms in total. The number of nitrogens with one attached hydrogen (secondary N) is 2. The zero-order chi connectivity index (χ0) is 22.4. The first kappa shape index (κ1) is 22.8. The van der Waals surface area contributed by atoms with E-state index in [2.05, 4.69) is 15.6 Å². The Morgan fingerprint density at radius 3 is 2.39 bits per heavy atom. The number of anilines is 1. The van der Waals surface area contributed by atoms with Gasteiger partial charge in [0.25, 0.3) is 5.91 Å². The monoisotopic (exact) mass is 440 g/mol. The van der Waals surface area contributed by atoms with Gasteiger partial charge in [-0.25, -0.2) is 4.98 Å². The minimum atomic E-state index is -0.661. The molecule has 2 aromatic rings. The second kappa shape index (κ2) is 10.4. The summed E-state index contributed by atoms with van der Waals surface area (Å²) in [6.45, 7) is 5.45. The molecule has 1 fully saturated rings. The first-order valence-electron chi connectivity index (χ1n) is 10.3. The van der Waals surface area contributed by atoms with Crippen LogP contribution in [0.4, 0.5) is 5.69 Å². The molecule has 1 aliphatic heterocycles. The molecule has 0 atom stereocenters. The zero-order valence-corrected chi connectivity index (χ0v) is 18.9. The molecule has 3 amide bonds. The first-order valence-corrected chi connectivity index (χ1v) is 11.6. The summed E-state index contributed by atoms with van der Waals surface area (Å²) in [4.78, 5) is 43.4. The van der Waals surface area contributed by atoms with Gasteiger partial charge in [-0.05, 0) is 62.1 Å². The van der Waals surface area contributed by atoms with Crippen LogP contribution >= 0.6 is 11.8 Å². The molecule has 0 saturated carbocycles. The van der Waals surface area contributed by atoms with Crippen molar-refractivity contribution in [3.8, 4) is 0 Å². The number of rotatable bonds is 5. The molecule has 0 aliphatic carbocycles. The molecule has 3 rings (SSSR count). The van der Waals surface area contributed by atoms with Gasteiger partial charge in [-0.3, -0.25) is 14.4 Å². The van der Waals surface area contributed by atoms with Crippen molar-refractivity contribution in [1.82, 2.24) is 15.2 Å². The lowest BCUT2D eigenvalue weighted by atomic mass is 9.96. The Bertz CT molecular complexity index is 951. The molecule has 2 N–H and O–H groups in total. The number of pyridine rings is 1. The molecule has 0 bridgehead atoms. The minimum absolute atomic E-state index is 0.00656. The number of aromatic nitrogens is 1. The van der Waals surface area contributed by atoms with E-state index >= 15 is 0 Å². The van der Waals surface area contributed by atoms with Crippen molar-refractivity contribution in [3.63, 3.8) is 0 Å². The maximum atomic E-state index is 12.8. The van der Waals surface area contributed by atoms with E-state index in [1.165, 1.54) is 11.8 Å². The number of aryl methyl sites for hydroxylation is 2. The second-order valence-corrected chi connectivity index (χ2v) is 8.52. The van der Waals surface area contributed by atoms with Crippen molar-refractivity contribution in [2.24, 2.45) is 5.92 Å². The molecular formula is C23H28N4O3S. The Morgan fingerprint density at radius 2 is 1.74 bits per heavy atom. The number of hydrogen-bond acceptors (Lipinski definition) is 5. The molecule has 1 aromatic carbocycles. The molecule has 31 heavy (non-hydrogen) atoms. The number of nitrogens with zero attached hydrogens (tertiary/aromatic N) is 2. The van der Waals surface area contributed by atoms with E-state index in [0.29, 0.717) is 30.9 Å². The van der Waals surface area contributed by atoms with E-state index in [1.54, 1.807) is 12.3 Å². The number of benzene rings is 1. The summed E-state index contributed by atoms with van der Waals surface area (Å²) in [6, 6.07) is 9.28. The number of thioether (sulfide) groups is 1. The normalized spacial score (nSPS) is 14.2. The summed E-state index contributed by atoms with van der Waals surface area (Å²) < 4.78 is 0. The van der Waals surface area contributed by atoms with Crippen molar-refractivity contribution in [2.75, 3.05) is 31.2 Å². The zero-order valence-electron chi connectivity index (χ0n) is 18.1. The first-order chi connectivity index (χ1) is 14.9. The van der Waals surface area contributed by atoms with Gasteiger partial charge in [0.05, 0.1) is 5.56 Å². The lowest BCUT2D eigenvalue weighted by molar-refractivity contribution is -0.136. The van der Waals surface area contributed by atoms with Crippen LogP contribution in [0.2, 0.25) is 0 Å². The molecule has 164 valence electrons. The van der Waals surface area contributed by atoms with Gasteiger partial charge in [-0.1, -0.05) is 18.2 Å². The summed E-state index contributed by atoms with van der Waals surface area (Å²) in [6.07, 6.45) is 5.15. The molecular weight excluding hydrogens is 412 g/mol. The fourth-order valence-electron chi connectivity index (χ4n) is 3.73. The summed E-state index contributed by atoms with van der Waals surface area (Å²) >= 11 is 1.46. The predicted molar refractivity (Wildman–Crippen MR) is 122 cm³/mol. The SMILES string of the molecule is CSc1ncccc1C(=O)N1CCC(CNC(=O)C(=O)Nc2c(C)cccc2C)CC1. The van der Waals surface area contributed by atoms with E-state index in [9.17, 15) is 14.4 Å². The third-order valence-corrected chi connectivity index (χ3v) is 6.29. The molecule has 0 spiro atoms. The van der Waals surface area contributed by atoms with Crippen molar-refractivity contribution in [3.05, 3.63) is 53.2 Å². The van der Waals surface area contributed by atoms with Crippen molar-refractivity contribution >= 4 is 35.2 Å². The van der Waals surface area contributed by atoms with Crippen LogP contribution in [-0.2, 0) is 9.59 Å².